The Morgan fingerprint density at radius 3 is 1.62 bits per heavy atom. The number of carbonyl (C=O) groups is 1. The summed E-state index contributed by atoms with van der Waals surface area (Å²) >= 11 is 0. The van der Waals surface area contributed by atoms with Gasteiger partial charge >= 0.3 is 0 Å². The highest BCUT2D eigenvalue weighted by atomic mass is 28.4. The molecule has 1 fully saturated rings. The van der Waals surface area contributed by atoms with Crippen LogP contribution in [0.25, 0.3) is 0 Å². The third kappa shape index (κ3) is 15.0. The summed E-state index contributed by atoms with van der Waals surface area (Å²) in [6, 6.07) is 10.9. The van der Waals surface area contributed by atoms with Crippen molar-refractivity contribution in [2.75, 3.05) is 0 Å². The number of carbonyl (C=O) groups excluding carboxylic acids is 1. The van der Waals surface area contributed by atoms with Crippen LogP contribution in [0.4, 0.5) is 0 Å². The zero-order chi connectivity index (χ0) is 43.2. The molecule has 0 N–H and O–H groups in total. The Morgan fingerprint density at radius 2 is 1.14 bits per heavy atom. The fourth-order valence-corrected chi connectivity index (χ4v) is 11.8. The first-order chi connectivity index (χ1) is 25.2. The topological polar surface area (TPSA) is 54.0 Å². The van der Waals surface area contributed by atoms with Crippen LogP contribution >= 0.6 is 0 Å². The van der Waals surface area contributed by atoms with E-state index in [1.54, 1.807) is 0 Å². The Kier molecular flexibility index (Phi) is 18.1. The summed E-state index contributed by atoms with van der Waals surface area (Å²) in [6.07, 6.45) is 13.5. The molecule has 0 heterocycles. The summed E-state index contributed by atoms with van der Waals surface area (Å²) in [5.41, 5.74) is 1.38. The molecular formula is C47H90O5Si4. The van der Waals surface area contributed by atoms with Gasteiger partial charge in [0.2, 0.25) is 0 Å². The lowest BCUT2D eigenvalue weighted by atomic mass is 9.85. The van der Waals surface area contributed by atoms with Crippen molar-refractivity contribution >= 4 is 39.2 Å². The highest BCUT2D eigenvalue weighted by Crippen LogP contribution is 2.49. The summed E-state index contributed by atoms with van der Waals surface area (Å²) in [7, 11) is -8.22. The number of hydrogen-bond donors (Lipinski definition) is 0. The van der Waals surface area contributed by atoms with E-state index in [-0.39, 0.29) is 44.4 Å². The van der Waals surface area contributed by atoms with Gasteiger partial charge < -0.3 is 17.7 Å². The van der Waals surface area contributed by atoms with E-state index in [9.17, 15) is 4.79 Å². The van der Waals surface area contributed by atoms with Gasteiger partial charge in [-0.3, -0.25) is 4.79 Å². The third-order valence-corrected chi connectivity index (χ3v) is 32.6. The van der Waals surface area contributed by atoms with Gasteiger partial charge in [0, 0.05) is 12.5 Å². The quantitative estimate of drug-likeness (QED) is 0.0789. The first-order valence-corrected chi connectivity index (χ1v) is 33.8. The Morgan fingerprint density at radius 1 is 0.661 bits per heavy atom. The van der Waals surface area contributed by atoms with Gasteiger partial charge in [-0.2, -0.15) is 0 Å². The van der Waals surface area contributed by atoms with E-state index in [1.807, 2.05) is 0 Å². The highest BCUT2D eigenvalue weighted by Gasteiger charge is 2.51. The van der Waals surface area contributed by atoms with E-state index in [4.69, 9.17) is 17.7 Å². The highest BCUT2D eigenvalue weighted by molar-refractivity contribution is 6.76. The Hall–Kier alpha value is -0.822. The number of aryl methyl sites for hydroxylation is 1. The maximum atomic E-state index is 12.8. The van der Waals surface area contributed by atoms with E-state index in [1.165, 1.54) is 5.56 Å². The summed E-state index contributed by atoms with van der Waals surface area (Å²) < 4.78 is 28.2. The van der Waals surface area contributed by atoms with Crippen LogP contribution in [0, 0.1) is 11.8 Å². The van der Waals surface area contributed by atoms with E-state index in [0.717, 1.165) is 51.4 Å². The molecule has 0 amide bonds. The first-order valence-electron chi connectivity index (χ1n) is 22.1. The van der Waals surface area contributed by atoms with Crippen molar-refractivity contribution in [1.82, 2.24) is 0 Å². The zero-order valence-electron chi connectivity index (χ0n) is 40.3. The summed E-state index contributed by atoms with van der Waals surface area (Å²) in [5.74, 6) is 0.697. The van der Waals surface area contributed by atoms with E-state index in [0.29, 0.717) is 18.3 Å². The van der Waals surface area contributed by atoms with Crippen LogP contribution in [0.5, 0.6) is 0 Å². The van der Waals surface area contributed by atoms with Gasteiger partial charge in [-0.15, -0.1) is 0 Å². The number of hydrogen-bond acceptors (Lipinski definition) is 5. The SMILES string of the molecule is CC(C)(C)[Si](C)(C)OC(=O)CCC/C=C\C[C@@H]1[C@@H](CC[C@H](CCc2ccccc2)O[Si](C)(C)C(C)(C)C)[C@H](O[Si](C)(C)C(C)(C)C)C[C@@H]1O[Si](C)(C)C(C)(C)C. The van der Waals surface area contributed by atoms with Crippen LogP contribution in [0.1, 0.15) is 140 Å². The fraction of sp³-hybridized carbons (Fsp3) is 0.809. The standard InChI is InChI=1S/C47H90O5Si4/c1-44(2,3)53(13,14)49-38(33-32-37-28-24-23-25-29-37)34-35-40-39(30-26-21-22-27-31-43(48)52-56(19,20)47(10,11)12)41(50-54(15,16)45(4,5)6)36-42(40)51-55(17,18)46(7,8)9/h21,23-26,28-29,38-42H,22,27,30-36H2,1-20H3/b26-21-/t38-,39+,40+,41-,42+/m0/s1. The molecule has 2 rings (SSSR count). The zero-order valence-corrected chi connectivity index (χ0v) is 44.3. The van der Waals surface area contributed by atoms with Gasteiger partial charge in [-0.05, 0) is 141 Å². The predicted molar refractivity (Wildman–Crippen MR) is 253 cm³/mol. The van der Waals surface area contributed by atoms with Gasteiger partial charge in [0.05, 0.1) is 12.2 Å². The molecule has 0 saturated heterocycles. The second-order valence-electron chi connectivity index (χ2n) is 23.3. The fourth-order valence-electron chi connectivity index (χ4n) is 6.67. The second-order valence-corrected chi connectivity index (χ2v) is 42.3. The lowest BCUT2D eigenvalue weighted by molar-refractivity contribution is -0.135. The first kappa shape index (κ1) is 51.3. The normalized spacial score (nSPS) is 21.5. The molecule has 1 aromatic rings. The number of benzene rings is 1. The molecule has 324 valence electrons. The van der Waals surface area contributed by atoms with Crippen LogP contribution in [0.15, 0.2) is 42.5 Å². The lowest BCUT2D eigenvalue weighted by Gasteiger charge is -2.41. The molecule has 1 aromatic carbocycles. The minimum atomic E-state index is -2.10. The number of unbranched alkanes of at least 4 members (excludes halogenated alkanes) is 1. The molecule has 1 aliphatic rings. The molecule has 1 saturated carbocycles. The molecular weight excluding hydrogens is 757 g/mol. The molecule has 1 aliphatic carbocycles. The molecule has 0 aliphatic heterocycles. The summed E-state index contributed by atoms with van der Waals surface area (Å²) in [5, 5.41) is 0.422. The largest absolute Gasteiger partial charge is 0.519 e. The average Bonchev–Trinajstić information content (AvgIpc) is 3.31. The lowest BCUT2D eigenvalue weighted by Crippen LogP contribution is -2.45. The van der Waals surface area contributed by atoms with Crippen LogP contribution in [-0.4, -0.2) is 57.6 Å². The van der Waals surface area contributed by atoms with E-state index >= 15 is 0 Å². The van der Waals surface area contributed by atoms with Crippen molar-refractivity contribution in [2.24, 2.45) is 11.8 Å². The van der Waals surface area contributed by atoms with Crippen LogP contribution in [-0.2, 0) is 28.9 Å². The van der Waals surface area contributed by atoms with Crippen molar-refractivity contribution in [2.45, 2.75) is 232 Å². The van der Waals surface area contributed by atoms with Crippen molar-refractivity contribution in [3.05, 3.63) is 48.0 Å². The predicted octanol–water partition coefficient (Wildman–Crippen LogP) is 14.9. The molecule has 0 radical (unpaired) electrons. The molecule has 0 bridgehead atoms. The van der Waals surface area contributed by atoms with Gasteiger partial charge in [0.15, 0.2) is 25.0 Å². The van der Waals surface area contributed by atoms with Gasteiger partial charge in [0.1, 0.15) is 0 Å². The van der Waals surface area contributed by atoms with Crippen molar-refractivity contribution in [3.8, 4) is 0 Å². The maximum absolute atomic E-state index is 12.8. The smallest absolute Gasteiger partial charge is 0.292 e. The Labute approximate surface area is 351 Å². The minimum Gasteiger partial charge on any atom is -0.519 e. The van der Waals surface area contributed by atoms with Gasteiger partial charge in [-0.25, -0.2) is 0 Å². The number of rotatable bonds is 19. The molecule has 5 atom stereocenters. The number of allylic oxidation sites excluding steroid dienone is 2. The van der Waals surface area contributed by atoms with E-state index < -0.39 is 33.3 Å². The van der Waals surface area contributed by atoms with Crippen LogP contribution in [0.2, 0.25) is 72.5 Å². The Bertz CT molecular complexity index is 1380. The Balaban J connectivity index is 2.44. The molecule has 9 heteroatoms. The van der Waals surface area contributed by atoms with Crippen molar-refractivity contribution < 1.29 is 22.5 Å². The molecule has 0 spiro atoms. The van der Waals surface area contributed by atoms with Crippen LogP contribution in [0.3, 0.4) is 0 Å². The van der Waals surface area contributed by atoms with Gasteiger partial charge in [0.25, 0.3) is 14.3 Å². The van der Waals surface area contributed by atoms with Crippen molar-refractivity contribution in [1.29, 1.82) is 0 Å². The van der Waals surface area contributed by atoms with E-state index in [2.05, 4.69) is 178 Å². The van der Waals surface area contributed by atoms with Gasteiger partial charge in [-0.1, -0.05) is 126 Å². The maximum Gasteiger partial charge on any atom is 0.292 e. The molecule has 0 aromatic heterocycles. The average molecular weight is 848 g/mol. The molecule has 56 heavy (non-hydrogen) atoms. The summed E-state index contributed by atoms with van der Waals surface area (Å²) in [4.78, 5) is 12.8. The molecule has 0 unspecified atom stereocenters. The minimum absolute atomic E-state index is 0.0222. The monoisotopic (exact) mass is 847 g/mol. The second kappa shape index (κ2) is 19.7. The summed E-state index contributed by atoms with van der Waals surface area (Å²) in [6.45, 7) is 46.5. The van der Waals surface area contributed by atoms with Crippen molar-refractivity contribution in [3.63, 3.8) is 0 Å². The third-order valence-electron chi connectivity index (χ3n) is 14.7. The van der Waals surface area contributed by atoms with Crippen LogP contribution < -0.4 is 0 Å². The molecule has 5 nitrogen and oxygen atoms in total.